The molecule has 1 aliphatic rings. The largest absolute Gasteiger partial charge is 0.534 e. The monoisotopic (exact) mass is 816 g/mol. The minimum atomic E-state index is -2.85. The van der Waals surface area contributed by atoms with E-state index >= 15 is 0 Å². The lowest BCUT2D eigenvalue weighted by Crippen LogP contribution is -2.68. The van der Waals surface area contributed by atoms with E-state index in [1.165, 1.54) is 10.4 Å². The van der Waals surface area contributed by atoms with Gasteiger partial charge in [-0.25, -0.2) is 4.98 Å². The van der Waals surface area contributed by atoms with E-state index in [-0.39, 0.29) is 17.0 Å². The van der Waals surface area contributed by atoms with E-state index in [2.05, 4.69) is 219 Å². The van der Waals surface area contributed by atoms with Crippen LogP contribution in [-0.2, 0) is 16.8 Å². The van der Waals surface area contributed by atoms with Crippen LogP contribution in [0.5, 0.6) is 5.75 Å². The molecule has 0 spiro atoms. The number of benzene rings is 7. The van der Waals surface area contributed by atoms with Gasteiger partial charge in [-0.15, -0.1) is 0 Å². The fraction of sp³-hybridized carbons (Fsp3) is 0.185. The normalized spacial score (nSPS) is 14.7. The molecule has 0 bridgehead atoms. The molecule has 1 atom stereocenters. The lowest BCUT2D eigenvalue weighted by atomic mass is 9.77. The van der Waals surface area contributed by atoms with Crippen molar-refractivity contribution in [2.75, 3.05) is 18.0 Å². The zero-order valence-electron chi connectivity index (χ0n) is 35.1. The molecule has 304 valence electrons. The van der Waals surface area contributed by atoms with Crippen molar-refractivity contribution in [3.05, 3.63) is 223 Å². The second-order valence-electron chi connectivity index (χ2n) is 17.0. The van der Waals surface area contributed by atoms with E-state index in [1.807, 2.05) is 17.3 Å². The molecule has 1 N–H and O–H groups in total. The molecule has 0 unspecified atom stereocenters. The molecule has 7 aromatic carbocycles. The highest BCUT2D eigenvalue weighted by atomic mass is 28.4. The molecular weight excluding hydrogens is 765 g/mol. The second-order valence-corrected chi connectivity index (χ2v) is 21.3. The Morgan fingerprint density at radius 3 is 1.75 bits per heavy atom. The number of hydrogen-bond donors (Lipinski definition) is 1. The maximum atomic E-state index is 14.2. The molecule has 61 heavy (non-hydrogen) atoms. The summed E-state index contributed by atoms with van der Waals surface area (Å²) in [6.45, 7) is 8.14. The van der Waals surface area contributed by atoms with Crippen molar-refractivity contribution in [1.82, 2.24) is 14.9 Å². The SMILES string of the molecule is CC(C)(C)[Si](Oc1ccc2cccc(N3CC[C@H](NCCc4cn(C(c5ccccc5)(c5ccccc5)c5ccccc5)cn4)C3=O)c2c1)(c1ccccc1)c1ccccc1. The number of carbonyl (C=O) groups excluding carboxylic acids is 1. The molecule has 7 heteroatoms. The third-order valence-electron chi connectivity index (χ3n) is 12.4. The third-order valence-corrected chi connectivity index (χ3v) is 17.3. The summed E-state index contributed by atoms with van der Waals surface area (Å²) >= 11 is 0. The first kappa shape index (κ1) is 39.9. The van der Waals surface area contributed by atoms with Gasteiger partial charge in [-0.3, -0.25) is 4.79 Å². The van der Waals surface area contributed by atoms with E-state index < -0.39 is 13.9 Å². The summed E-state index contributed by atoms with van der Waals surface area (Å²) in [7, 11) is -2.85. The van der Waals surface area contributed by atoms with Crippen LogP contribution in [-0.4, -0.2) is 42.9 Å². The number of imidazole rings is 1. The Morgan fingerprint density at radius 2 is 1.21 bits per heavy atom. The van der Waals surface area contributed by atoms with Crippen molar-refractivity contribution < 1.29 is 9.22 Å². The van der Waals surface area contributed by atoms with Crippen molar-refractivity contribution >= 4 is 41.1 Å². The first-order valence-electron chi connectivity index (χ1n) is 21.4. The first-order valence-corrected chi connectivity index (χ1v) is 23.3. The zero-order valence-corrected chi connectivity index (χ0v) is 36.1. The number of aromatic nitrogens is 2. The molecule has 1 fully saturated rings. The minimum Gasteiger partial charge on any atom is -0.534 e. The van der Waals surface area contributed by atoms with Gasteiger partial charge in [0.25, 0.3) is 0 Å². The maximum Gasteiger partial charge on any atom is 0.319 e. The molecular formula is C54H52N4O2Si. The number of nitrogens with one attached hydrogen (secondary N) is 1. The van der Waals surface area contributed by atoms with Crippen molar-refractivity contribution in [3.63, 3.8) is 0 Å². The molecule has 1 saturated heterocycles. The van der Waals surface area contributed by atoms with E-state index in [0.717, 1.165) is 51.0 Å². The molecule has 0 radical (unpaired) electrons. The van der Waals surface area contributed by atoms with Crippen LogP contribution in [0.2, 0.25) is 5.04 Å². The Bertz CT molecular complexity index is 2580. The van der Waals surface area contributed by atoms with Gasteiger partial charge in [-0.2, -0.15) is 0 Å². The molecule has 8 aromatic rings. The smallest absolute Gasteiger partial charge is 0.319 e. The van der Waals surface area contributed by atoms with Crippen LogP contribution in [0.1, 0.15) is 49.6 Å². The van der Waals surface area contributed by atoms with Crippen LogP contribution in [0, 0.1) is 0 Å². The highest BCUT2D eigenvalue weighted by Crippen LogP contribution is 2.42. The molecule has 0 saturated carbocycles. The molecule has 0 aliphatic carbocycles. The average molecular weight is 817 g/mol. The summed E-state index contributed by atoms with van der Waals surface area (Å²) in [5.41, 5.74) is 4.72. The number of anilines is 1. The lowest BCUT2D eigenvalue weighted by Gasteiger charge is -2.43. The predicted octanol–water partition coefficient (Wildman–Crippen LogP) is 9.75. The van der Waals surface area contributed by atoms with Gasteiger partial charge in [0.05, 0.1) is 23.8 Å². The summed E-state index contributed by atoms with van der Waals surface area (Å²) in [6.07, 6.45) is 5.53. The van der Waals surface area contributed by atoms with Crippen molar-refractivity contribution in [1.29, 1.82) is 0 Å². The van der Waals surface area contributed by atoms with Crippen LogP contribution in [0.4, 0.5) is 5.69 Å². The highest BCUT2D eigenvalue weighted by Gasteiger charge is 2.52. The Hall–Kier alpha value is -6.54. The molecule has 1 amide bonds. The van der Waals surface area contributed by atoms with Crippen LogP contribution < -0.4 is 25.0 Å². The Morgan fingerprint density at radius 1 is 0.672 bits per heavy atom. The zero-order chi connectivity index (χ0) is 41.9. The van der Waals surface area contributed by atoms with Crippen LogP contribution >= 0.6 is 0 Å². The van der Waals surface area contributed by atoms with E-state index in [4.69, 9.17) is 9.41 Å². The predicted molar refractivity (Wildman–Crippen MR) is 251 cm³/mol. The molecule has 6 nitrogen and oxygen atoms in total. The van der Waals surface area contributed by atoms with Crippen molar-refractivity contribution in [2.45, 2.75) is 50.2 Å². The summed E-state index contributed by atoms with van der Waals surface area (Å²) in [5.74, 6) is 0.901. The summed E-state index contributed by atoms with van der Waals surface area (Å²) in [5, 5.41) is 7.96. The van der Waals surface area contributed by atoms with Crippen LogP contribution in [0.25, 0.3) is 10.8 Å². The Labute approximate surface area is 360 Å². The van der Waals surface area contributed by atoms with Gasteiger partial charge in [0, 0.05) is 31.1 Å². The minimum absolute atomic E-state index is 0.0904. The third kappa shape index (κ3) is 7.38. The first-order chi connectivity index (χ1) is 29.8. The Balaban J connectivity index is 0.956. The topological polar surface area (TPSA) is 59.4 Å². The average Bonchev–Trinajstić information content (AvgIpc) is 3.93. The Kier molecular flexibility index (Phi) is 11.0. The van der Waals surface area contributed by atoms with Crippen molar-refractivity contribution in [2.24, 2.45) is 0 Å². The number of fused-ring (bicyclic) bond motifs is 1. The lowest BCUT2D eigenvalue weighted by molar-refractivity contribution is -0.118. The summed E-state index contributed by atoms with van der Waals surface area (Å²) in [4.78, 5) is 21.1. The van der Waals surface area contributed by atoms with Gasteiger partial charge in [-0.1, -0.05) is 191 Å². The van der Waals surface area contributed by atoms with E-state index in [0.29, 0.717) is 19.5 Å². The van der Waals surface area contributed by atoms with Gasteiger partial charge >= 0.3 is 8.32 Å². The highest BCUT2D eigenvalue weighted by molar-refractivity contribution is 7.00. The number of carbonyl (C=O) groups is 1. The maximum absolute atomic E-state index is 14.2. The quantitative estimate of drug-likeness (QED) is 0.0931. The van der Waals surface area contributed by atoms with E-state index in [1.54, 1.807) is 0 Å². The number of hydrogen-bond acceptors (Lipinski definition) is 4. The van der Waals surface area contributed by atoms with Gasteiger partial charge in [-0.05, 0) is 62.1 Å². The standard InChI is InChI=1S/C54H52N4O2Si/c1-53(2,3)61(47-27-15-7-16-28-47,48-29-17-8-18-30-48)60-46-33-32-41-20-19-31-51(49(41)38-46)58-37-35-50(52(58)59)55-36-34-45-39-57(40-56-45)54(42-21-9-4-10-22-42,43-23-11-5-12-24-43)44-25-13-6-14-26-44/h4-33,38-40,50,55H,34-37H2,1-3H3/t50-/m0/s1. The number of amides is 1. The number of rotatable bonds is 13. The molecule has 1 aromatic heterocycles. The molecule has 1 aliphatic heterocycles. The summed E-state index contributed by atoms with van der Waals surface area (Å²) < 4.78 is 9.67. The summed E-state index contributed by atoms with van der Waals surface area (Å²) in [6, 6.07) is 65.7. The number of nitrogens with zero attached hydrogens (tertiary/aromatic N) is 3. The van der Waals surface area contributed by atoms with Crippen molar-refractivity contribution in [3.8, 4) is 5.75 Å². The fourth-order valence-corrected chi connectivity index (χ4v) is 13.9. The molecule has 2 heterocycles. The van der Waals surface area contributed by atoms with Gasteiger partial charge in [0.2, 0.25) is 5.91 Å². The van der Waals surface area contributed by atoms with Gasteiger partial charge < -0.3 is 19.2 Å². The van der Waals surface area contributed by atoms with E-state index in [9.17, 15) is 4.79 Å². The second kappa shape index (κ2) is 16.8. The van der Waals surface area contributed by atoms with Gasteiger partial charge in [0.1, 0.15) is 11.3 Å². The van der Waals surface area contributed by atoms with Gasteiger partial charge in [0.15, 0.2) is 0 Å². The molecule has 9 rings (SSSR count). The van der Waals surface area contributed by atoms with Crippen LogP contribution in [0.15, 0.2) is 201 Å². The fourth-order valence-electron chi connectivity index (χ4n) is 9.50. The van der Waals surface area contributed by atoms with Crippen LogP contribution in [0.3, 0.4) is 0 Å².